The maximum absolute atomic E-state index is 12.7. The molecule has 0 aromatic rings. The van der Waals surface area contributed by atoms with Crippen LogP contribution in [0.3, 0.4) is 0 Å². The van der Waals surface area contributed by atoms with Gasteiger partial charge in [0, 0.05) is 27.4 Å². The van der Waals surface area contributed by atoms with Crippen molar-refractivity contribution >= 4 is 29.8 Å². The van der Waals surface area contributed by atoms with Gasteiger partial charge >= 0.3 is 29.8 Å². The Morgan fingerprint density at radius 2 is 1.30 bits per heavy atom. The number of hydrogen-bond acceptors (Lipinski definition) is 12. The van der Waals surface area contributed by atoms with Crippen molar-refractivity contribution in [3.63, 3.8) is 0 Å². The van der Waals surface area contributed by atoms with Crippen LogP contribution in [-0.2, 0) is 57.1 Å². The third-order valence-corrected chi connectivity index (χ3v) is 5.82. The molecule has 0 amide bonds. The normalized spacial score (nSPS) is 23.2. The van der Waals surface area contributed by atoms with Gasteiger partial charge in [-0.3, -0.25) is 24.0 Å². The summed E-state index contributed by atoms with van der Waals surface area (Å²) in [4.78, 5) is 61.0. The first-order valence-corrected chi connectivity index (χ1v) is 12.5. The van der Waals surface area contributed by atoms with Crippen LogP contribution in [0.4, 0.5) is 0 Å². The summed E-state index contributed by atoms with van der Waals surface area (Å²) in [6.07, 6.45) is 0.745. The lowest BCUT2D eigenvalue weighted by molar-refractivity contribution is -0.299. The lowest BCUT2D eigenvalue weighted by Gasteiger charge is -2.46. The van der Waals surface area contributed by atoms with Gasteiger partial charge in [-0.2, -0.15) is 0 Å². The maximum Gasteiger partial charge on any atom is 0.320 e. The number of rotatable bonds is 15. The molecule has 1 saturated heterocycles. The molecule has 0 N–H and O–H groups in total. The van der Waals surface area contributed by atoms with E-state index in [0.717, 1.165) is 60.2 Å². The summed E-state index contributed by atoms with van der Waals surface area (Å²) >= 11 is 0. The van der Waals surface area contributed by atoms with Crippen LogP contribution >= 0.6 is 0 Å². The molecule has 212 valence electrons. The molecule has 12 heteroatoms. The van der Waals surface area contributed by atoms with E-state index < -0.39 is 66.3 Å². The van der Waals surface area contributed by atoms with Gasteiger partial charge in [-0.25, -0.2) is 0 Å². The van der Waals surface area contributed by atoms with Crippen LogP contribution in [0.1, 0.15) is 66.2 Å². The van der Waals surface area contributed by atoms with Crippen LogP contribution < -0.4 is 0 Å². The Bertz CT molecular complexity index is 751. The van der Waals surface area contributed by atoms with Gasteiger partial charge in [0.25, 0.3) is 0 Å². The maximum atomic E-state index is 12.7. The molecule has 1 aliphatic rings. The number of unbranched alkanes of at least 4 members (excludes halogenated alkanes) is 5. The molecule has 37 heavy (non-hydrogen) atoms. The second-order valence-corrected chi connectivity index (χ2v) is 8.73. The minimum Gasteiger partial charge on any atom is -0.468 e. The van der Waals surface area contributed by atoms with Crippen molar-refractivity contribution in [2.24, 2.45) is 11.8 Å². The zero-order chi connectivity index (χ0) is 28.0. The van der Waals surface area contributed by atoms with Gasteiger partial charge < -0.3 is 33.2 Å². The van der Waals surface area contributed by atoms with Gasteiger partial charge in [0.1, 0.15) is 12.7 Å². The minimum absolute atomic E-state index is 0.202. The smallest absolute Gasteiger partial charge is 0.320 e. The number of hydrogen-bond donors (Lipinski definition) is 0. The van der Waals surface area contributed by atoms with E-state index in [1.807, 2.05) is 0 Å². The first kappa shape index (κ1) is 32.3. The highest BCUT2D eigenvalue weighted by atomic mass is 16.7. The van der Waals surface area contributed by atoms with Crippen LogP contribution in [0.15, 0.2) is 0 Å². The summed E-state index contributed by atoms with van der Waals surface area (Å²) in [6.45, 7) is 5.39. The van der Waals surface area contributed by atoms with E-state index >= 15 is 0 Å². The summed E-state index contributed by atoms with van der Waals surface area (Å²) in [6, 6.07) is 0. The van der Waals surface area contributed by atoms with E-state index in [1.165, 1.54) is 6.92 Å². The average Bonchev–Trinajstić information content (AvgIpc) is 2.84. The van der Waals surface area contributed by atoms with Gasteiger partial charge in [-0.05, 0) is 6.42 Å². The second kappa shape index (κ2) is 16.9. The van der Waals surface area contributed by atoms with E-state index in [9.17, 15) is 24.0 Å². The molecule has 0 aromatic heterocycles. The molecule has 1 heterocycles. The Labute approximate surface area is 217 Å². The topological polar surface area (TPSA) is 150 Å². The molecule has 0 radical (unpaired) electrons. The van der Waals surface area contributed by atoms with Crippen molar-refractivity contribution in [1.29, 1.82) is 0 Å². The summed E-state index contributed by atoms with van der Waals surface area (Å²) < 4.78 is 37.6. The van der Waals surface area contributed by atoms with Crippen molar-refractivity contribution in [2.45, 2.75) is 90.8 Å². The Kier molecular flexibility index (Phi) is 14.8. The Balaban J connectivity index is 3.40. The summed E-state index contributed by atoms with van der Waals surface area (Å²) in [7, 11) is 2.17. The first-order chi connectivity index (χ1) is 17.6. The molecule has 0 bridgehead atoms. The summed E-state index contributed by atoms with van der Waals surface area (Å²) in [5.74, 6) is -7.05. The van der Waals surface area contributed by atoms with Crippen LogP contribution in [0, 0.1) is 11.8 Å². The highest BCUT2D eigenvalue weighted by molar-refractivity contribution is 5.95. The largest absolute Gasteiger partial charge is 0.468 e. The average molecular weight is 533 g/mol. The van der Waals surface area contributed by atoms with Crippen LogP contribution in [0.5, 0.6) is 0 Å². The van der Waals surface area contributed by atoms with Crippen molar-refractivity contribution in [1.82, 2.24) is 0 Å². The molecule has 12 nitrogen and oxygen atoms in total. The number of esters is 5. The fourth-order valence-electron chi connectivity index (χ4n) is 4.17. The zero-order valence-corrected chi connectivity index (χ0v) is 22.5. The van der Waals surface area contributed by atoms with Gasteiger partial charge in [0.2, 0.25) is 0 Å². The molecular weight excluding hydrogens is 492 g/mol. The molecule has 5 atom stereocenters. The molecule has 1 aliphatic heterocycles. The van der Waals surface area contributed by atoms with E-state index in [2.05, 4.69) is 6.92 Å². The van der Waals surface area contributed by atoms with Gasteiger partial charge in [-0.1, -0.05) is 39.0 Å². The van der Waals surface area contributed by atoms with E-state index in [-0.39, 0.29) is 13.2 Å². The summed E-state index contributed by atoms with van der Waals surface area (Å²) in [5, 5.41) is 0. The molecule has 1 fully saturated rings. The number of methoxy groups -OCH3 is 2. The number of carbonyl (C=O) groups is 5. The first-order valence-electron chi connectivity index (χ1n) is 12.5. The van der Waals surface area contributed by atoms with Crippen LogP contribution in [0.2, 0.25) is 0 Å². The highest BCUT2D eigenvalue weighted by Gasteiger charge is 2.57. The molecule has 0 saturated carbocycles. The Hall–Kier alpha value is -2.73. The molecule has 0 unspecified atom stereocenters. The van der Waals surface area contributed by atoms with Crippen molar-refractivity contribution in [2.75, 3.05) is 27.4 Å². The number of carbonyl (C=O) groups excluding carboxylic acids is 5. The van der Waals surface area contributed by atoms with Crippen LogP contribution in [-0.4, -0.2) is 81.9 Å². The van der Waals surface area contributed by atoms with Crippen molar-refractivity contribution < 1.29 is 57.1 Å². The monoisotopic (exact) mass is 532 g/mol. The SMILES string of the molecule is CCCCCCCCO[C@@H]1O[C@H](COC(C)=O)[C@@H](OC(C)=O)[C@H](OC(C)=O)[C@H]1C(C(=O)OC)C(=O)OC. The Morgan fingerprint density at radius 1 is 0.757 bits per heavy atom. The van der Waals surface area contributed by atoms with Gasteiger partial charge in [0.15, 0.2) is 24.4 Å². The summed E-state index contributed by atoms with van der Waals surface area (Å²) in [5.41, 5.74) is 0. The third kappa shape index (κ3) is 10.6. The molecule has 0 aliphatic carbocycles. The zero-order valence-electron chi connectivity index (χ0n) is 22.5. The number of ether oxygens (including phenoxy) is 7. The third-order valence-electron chi connectivity index (χ3n) is 5.82. The lowest BCUT2D eigenvalue weighted by atomic mass is 9.80. The molecule has 1 rings (SSSR count). The fourth-order valence-corrected chi connectivity index (χ4v) is 4.17. The van der Waals surface area contributed by atoms with Crippen LogP contribution in [0.25, 0.3) is 0 Å². The van der Waals surface area contributed by atoms with Gasteiger partial charge in [-0.15, -0.1) is 0 Å². The standard InChI is InChI=1S/C25H40O12/c1-7-8-9-10-11-12-13-33-25-19(20(23(29)31-5)24(30)32-6)22(36-17(4)28)21(35-16(3)27)18(37-25)14-34-15(2)26/h18-22,25H,7-14H2,1-6H3/t18-,19-,21-,22-,25-/m1/s1. The molecule has 0 aromatic carbocycles. The van der Waals surface area contributed by atoms with E-state index in [4.69, 9.17) is 33.2 Å². The quantitative estimate of drug-likeness (QED) is 0.131. The van der Waals surface area contributed by atoms with Crippen molar-refractivity contribution in [3.8, 4) is 0 Å². The lowest BCUT2D eigenvalue weighted by Crippen LogP contribution is -2.62. The van der Waals surface area contributed by atoms with E-state index in [1.54, 1.807) is 0 Å². The van der Waals surface area contributed by atoms with E-state index in [0.29, 0.717) is 6.42 Å². The predicted octanol–water partition coefficient (Wildman–Crippen LogP) is 2.09. The second-order valence-electron chi connectivity index (χ2n) is 8.73. The minimum atomic E-state index is -1.64. The predicted molar refractivity (Wildman–Crippen MR) is 127 cm³/mol. The van der Waals surface area contributed by atoms with Gasteiger partial charge in [0.05, 0.1) is 20.1 Å². The molecular formula is C25H40O12. The Morgan fingerprint density at radius 3 is 1.81 bits per heavy atom. The fraction of sp³-hybridized carbons (Fsp3) is 0.800. The highest BCUT2D eigenvalue weighted by Crippen LogP contribution is 2.37. The van der Waals surface area contributed by atoms with Crippen molar-refractivity contribution in [3.05, 3.63) is 0 Å². The molecule has 0 spiro atoms.